The third kappa shape index (κ3) is 6.56. The number of halogens is 3. The van der Waals surface area contributed by atoms with Crippen LogP contribution in [-0.4, -0.2) is 42.1 Å². The zero-order valence-corrected chi connectivity index (χ0v) is 21.4. The number of benzene rings is 2. The Morgan fingerprint density at radius 1 is 1.09 bits per heavy atom. The third-order valence-electron chi connectivity index (χ3n) is 6.60. The number of phenolic OH excluding ortho intramolecular Hbond substituents is 1. The summed E-state index contributed by atoms with van der Waals surface area (Å²) in [6.45, 7) is 2.92. The number of piperidine rings is 1. The summed E-state index contributed by atoms with van der Waals surface area (Å²) in [6, 6.07) is 8.26. The molecule has 0 spiro atoms. The van der Waals surface area contributed by atoms with Crippen molar-refractivity contribution in [2.75, 3.05) is 20.1 Å². The highest BCUT2D eigenvalue weighted by molar-refractivity contribution is 14.0. The summed E-state index contributed by atoms with van der Waals surface area (Å²) in [7, 11) is 1.76. The highest BCUT2D eigenvalue weighted by Crippen LogP contribution is 2.30. The summed E-state index contributed by atoms with van der Waals surface area (Å²) in [4.78, 5) is 6.62. The summed E-state index contributed by atoms with van der Waals surface area (Å²) in [5, 5.41) is 17.3. The van der Waals surface area contributed by atoms with Gasteiger partial charge in [-0.25, -0.2) is 8.78 Å². The van der Waals surface area contributed by atoms with Gasteiger partial charge in [-0.15, -0.1) is 24.0 Å². The number of aryl methyl sites for hydroxylation is 1. The quantitative estimate of drug-likeness (QED) is 0.282. The average Bonchev–Trinajstić information content (AvgIpc) is 2.81. The van der Waals surface area contributed by atoms with Crippen LogP contribution in [0.5, 0.6) is 5.75 Å². The Morgan fingerprint density at radius 3 is 2.58 bits per heavy atom. The molecule has 1 aliphatic carbocycles. The molecular formula is C25H33F2IN4O. The first-order chi connectivity index (χ1) is 15.5. The first-order valence-corrected chi connectivity index (χ1v) is 11.5. The molecule has 180 valence electrons. The van der Waals surface area contributed by atoms with E-state index in [1.54, 1.807) is 19.2 Å². The van der Waals surface area contributed by atoms with Crippen molar-refractivity contribution in [3.8, 4) is 5.75 Å². The molecular weight excluding hydrogens is 537 g/mol. The fourth-order valence-corrected chi connectivity index (χ4v) is 4.78. The van der Waals surface area contributed by atoms with Crippen LogP contribution in [0.15, 0.2) is 35.3 Å². The van der Waals surface area contributed by atoms with Crippen LogP contribution in [0.1, 0.15) is 47.9 Å². The highest BCUT2D eigenvalue weighted by atomic mass is 127. The predicted molar refractivity (Wildman–Crippen MR) is 138 cm³/mol. The molecule has 0 bridgehead atoms. The van der Waals surface area contributed by atoms with Crippen LogP contribution in [-0.2, 0) is 25.9 Å². The smallest absolute Gasteiger partial charge is 0.191 e. The second kappa shape index (κ2) is 12.0. The number of likely N-dealkylation sites (tertiary alicyclic amines) is 1. The Morgan fingerprint density at radius 2 is 1.85 bits per heavy atom. The number of phenols is 1. The molecule has 1 aliphatic heterocycles. The second-order valence-electron chi connectivity index (χ2n) is 8.78. The normalized spacial score (nSPS) is 17.2. The lowest BCUT2D eigenvalue weighted by Crippen LogP contribution is -2.48. The summed E-state index contributed by atoms with van der Waals surface area (Å²) < 4.78 is 26.6. The fourth-order valence-electron chi connectivity index (χ4n) is 4.78. The number of fused-ring (bicyclic) bond motifs is 1. The van der Waals surface area contributed by atoms with Crippen molar-refractivity contribution >= 4 is 29.9 Å². The number of aromatic hydroxyl groups is 1. The SMILES string of the molecule is CN=C(NCc1c(O)ccc2c1CCCC2)NC1CCN(Cc2ccc(F)c(F)c2)CC1.I. The maximum Gasteiger partial charge on any atom is 0.191 e. The van der Waals surface area contributed by atoms with E-state index in [1.807, 2.05) is 0 Å². The first kappa shape index (κ1) is 25.7. The molecule has 0 amide bonds. The van der Waals surface area contributed by atoms with Gasteiger partial charge in [0.15, 0.2) is 17.6 Å². The molecule has 2 aromatic rings. The van der Waals surface area contributed by atoms with Gasteiger partial charge in [0, 0.05) is 44.8 Å². The highest BCUT2D eigenvalue weighted by Gasteiger charge is 2.21. The Balaban J connectivity index is 0.00000306. The van der Waals surface area contributed by atoms with E-state index in [9.17, 15) is 13.9 Å². The third-order valence-corrected chi connectivity index (χ3v) is 6.60. The van der Waals surface area contributed by atoms with E-state index < -0.39 is 11.6 Å². The zero-order chi connectivity index (χ0) is 22.5. The van der Waals surface area contributed by atoms with E-state index in [0.29, 0.717) is 24.9 Å². The van der Waals surface area contributed by atoms with Gasteiger partial charge in [0.25, 0.3) is 0 Å². The Bertz CT molecular complexity index is 977. The molecule has 0 atom stereocenters. The van der Waals surface area contributed by atoms with E-state index in [2.05, 4.69) is 26.6 Å². The maximum absolute atomic E-state index is 13.5. The van der Waals surface area contributed by atoms with Gasteiger partial charge in [0.2, 0.25) is 0 Å². The van der Waals surface area contributed by atoms with E-state index >= 15 is 0 Å². The summed E-state index contributed by atoms with van der Waals surface area (Å²) in [6.07, 6.45) is 6.36. The fraction of sp³-hybridized carbons (Fsp3) is 0.480. The van der Waals surface area contributed by atoms with E-state index in [0.717, 1.165) is 55.9 Å². The van der Waals surface area contributed by atoms with E-state index in [1.165, 1.54) is 36.1 Å². The molecule has 5 nitrogen and oxygen atoms in total. The lowest BCUT2D eigenvalue weighted by molar-refractivity contribution is 0.198. The van der Waals surface area contributed by atoms with Crippen molar-refractivity contribution < 1.29 is 13.9 Å². The van der Waals surface area contributed by atoms with Gasteiger partial charge in [0.1, 0.15) is 5.75 Å². The van der Waals surface area contributed by atoms with Crippen LogP contribution in [0.3, 0.4) is 0 Å². The molecule has 8 heteroatoms. The van der Waals surface area contributed by atoms with Gasteiger partial charge in [-0.05, 0) is 73.4 Å². The number of guanidine groups is 1. The Hall–Kier alpha value is -1.94. The van der Waals surface area contributed by atoms with Crippen LogP contribution in [0.4, 0.5) is 8.78 Å². The Kier molecular flexibility index (Phi) is 9.31. The lowest BCUT2D eigenvalue weighted by atomic mass is 9.88. The van der Waals surface area contributed by atoms with Crippen LogP contribution < -0.4 is 10.6 Å². The first-order valence-electron chi connectivity index (χ1n) is 11.5. The maximum atomic E-state index is 13.5. The molecule has 0 saturated carbocycles. The average molecular weight is 570 g/mol. The zero-order valence-electron chi connectivity index (χ0n) is 19.0. The van der Waals surface area contributed by atoms with Gasteiger partial charge in [-0.1, -0.05) is 12.1 Å². The topological polar surface area (TPSA) is 59.9 Å². The molecule has 33 heavy (non-hydrogen) atoms. The molecule has 1 fully saturated rings. The number of nitrogens with zero attached hydrogens (tertiary/aromatic N) is 2. The molecule has 4 rings (SSSR count). The number of hydrogen-bond acceptors (Lipinski definition) is 3. The second-order valence-corrected chi connectivity index (χ2v) is 8.78. The molecule has 3 N–H and O–H groups in total. The van der Waals surface area contributed by atoms with Gasteiger partial charge >= 0.3 is 0 Å². The number of aliphatic imine (C=N–C) groups is 1. The van der Waals surface area contributed by atoms with Crippen molar-refractivity contribution in [1.29, 1.82) is 0 Å². The van der Waals surface area contributed by atoms with Crippen molar-refractivity contribution in [3.05, 3.63) is 64.2 Å². The van der Waals surface area contributed by atoms with E-state index in [4.69, 9.17) is 0 Å². The molecule has 0 radical (unpaired) electrons. The Labute approximate surface area is 211 Å². The van der Waals surface area contributed by atoms with Crippen LogP contribution >= 0.6 is 24.0 Å². The number of hydrogen-bond donors (Lipinski definition) is 3. The molecule has 2 aromatic carbocycles. The van der Waals surface area contributed by atoms with Crippen LogP contribution in [0.2, 0.25) is 0 Å². The molecule has 0 unspecified atom stereocenters. The van der Waals surface area contributed by atoms with Crippen LogP contribution in [0, 0.1) is 11.6 Å². The largest absolute Gasteiger partial charge is 0.508 e. The summed E-state index contributed by atoms with van der Waals surface area (Å²) in [5.41, 5.74) is 4.40. The monoisotopic (exact) mass is 570 g/mol. The number of nitrogens with one attached hydrogen (secondary N) is 2. The minimum absolute atomic E-state index is 0. The number of rotatable bonds is 5. The minimum atomic E-state index is -0.806. The molecule has 1 heterocycles. The van der Waals surface area contributed by atoms with Crippen molar-refractivity contribution in [2.24, 2.45) is 4.99 Å². The van der Waals surface area contributed by atoms with Crippen molar-refractivity contribution in [3.63, 3.8) is 0 Å². The molecule has 2 aliphatic rings. The predicted octanol–water partition coefficient (Wildman–Crippen LogP) is 4.50. The minimum Gasteiger partial charge on any atom is -0.508 e. The van der Waals surface area contributed by atoms with E-state index in [-0.39, 0.29) is 24.0 Å². The summed E-state index contributed by atoms with van der Waals surface area (Å²) >= 11 is 0. The standard InChI is InChI=1S/C25H32F2N4O.HI/c1-28-25(29-15-21-20-5-3-2-4-18(20)7-9-24(21)32)30-19-10-12-31(13-11-19)16-17-6-8-22(26)23(27)14-17;/h6-9,14,19,32H,2-5,10-13,15-16H2,1H3,(H2,28,29,30);1H. The van der Waals surface area contributed by atoms with Gasteiger partial charge in [-0.3, -0.25) is 9.89 Å². The molecule has 1 saturated heterocycles. The lowest BCUT2D eigenvalue weighted by Gasteiger charge is -2.33. The van der Waals surface area contributed by atoms with Crippen LogP contribution in [0.25, 0.3) is 0 Å². The van der Waals surface area contributed by atoms with Crippen molar-refractivity contribution in [1.82, 2.24) is 15.5 Å². The van der Waals surface area contributed by atoms with Gasteiger partial charge in [0.05, 0.1) is 0 Å². The van der Waals surface area contributed by atoms with Gasteiger partial charge in [-0.2, -0.15) is 0 Å². The van der Waals surface area contributed by atoms with Crippen molar-refractivity contribution in [2.45, 2.75) is 57.7 Å². The molecule has 0 aromatic heterocycles. The van der Waals surface area contributed by atoms with Gasteiger partial charge < -0.3 is 15.7 Å². The summed E-state index contributed by atoms with van der Waals surface area (Å²) in [5.74, 6) is -0.518.